The molecule has 0 aliphatic rings. The summed E-state index contributed by atoms with van der Waals surface area (Å²) < 4.78 is 0. The lowest BCUT2D eigenvalue weighted by Gasteiger charge is -1.95. The van der Waals surface area contributed by atoms with Gasteiger partial charge in [0.25, 0.3) is 0 Å². The van der Waals surface area contributed by atoms with Gasteiger partial charge in [-0.1, -0.05) is 23.7 Å². The summed E-state index contributed by atoms with van der Waals surface area (Å²) in [5.74, 6) is 0. The molecule has 21 heavy (non-hydrogen) atoms. The standard InChI is InChI=1S/C16H11ClN4/c17-12-3-1-2-4-13(12)20-21-16-9-19-15-8-14-10(5-6-18-14)7-11(15)16/h1-9,18-19H. The van der Waals surface area contributed by atoms with E-state index in [2.05, 4.69) is 32.3 Å². The molecule has 0 saturated heterocycles. The van der Waals surface area contributed by atoms with Gasteiger partial charge in [0.05, 0.1) is 5.02 Å². The largest absolute Gasteiger partial charge is 0.361 e. The molecule has 4 aromatic rings. The van der Waals surface area contributed by atoms with Gasteiger partial charge in [0.15, 0.2) is 0 Å². The Balaban J connectivity index is 1.81. The summed E-state index contributed by atoms with van der Waals surface area (Å²) in [5, 5.41) is 11.3. The number of aromatic nitrogens is 2. The van der Waals surface area contributed by atoms with E-state index in [0.717, 1.165) is 27.5 Å². The second-order valence-corrected chi connectivity index (χ2v) is 5.20. The normalized spacial score (nSPS) is 11.9. The van der Waals surface area contributed by atoms with Crippen LogP contribution in [0.1, 0.15) is 0 Å². The van der Waals surface area contributed by atoms with E-state index in [1.54, 1.807) is 6.07 Å². The van der Waals surface area contributed by atoms with Crippen molar-refractivity contribution in [2.45, 2.75) is 0 Å². The van der Waals surface area contributed by atoms with Crippen LogP contribution in [0.5, 0.6) is 0 Å². The number of hydrogen-bond donors (Lipinski definition) is 2. The summed E-state index contributed by atoms with van der Waals surface area (Å²) in [5.41, 5.74) is 3.58. The first kappa shape index (κ1) is 12.2. The first-order valence-corrected chi connectivity index (χ1v) is 6.93. The molecule has 0 amide bonds. The van der Waals surface area contributed by atoms with Gasteiger partial charge in [-0.05, 0) is 30.3 Å². The number of rotatable bonds is 2. The molecule has 2 N–H and O–H groups in total. The number of halogens is 1. The third kappa shape index (κ3) is 2.10. The first-order valence-electron chi connectivity index (χ1n) is 6.56. The number of fused-ring (bicyclic) bond motifs is 2. The lowest BCUT2D eigenvalue weighted by Crippen LogP contribution is -1.70. The van der Waals surface area contributed by atoms with Gasteiger partial charge >= 0.3 is 0 Å². The average Bonchev–Trinajstić information content (AvgIpc) is 3.10. The van der Waals surface area contributed by atoms with Crippen LogP contribution in [0.3, 0.4) is 0 Å². The van der Waals surface area contributed by atoms with E-state index in [4.69, 9.17) is 11.6 Å². The molecule has 0 aliphatic carbocycles. The lowest BCUT2D eigenvalue weighted by molar-refractivity contribution is 1.24. The van der Waals surface area contributed by atoms with Crippen molar-refractivity contribution in [1.29, 1.82) is 0 Å². The van der Waals surface area contributed by atoms with Crippen molar-refractivity contribution < 1.29 is 0 Å². The molecule has 0 fully saturated rings. The molecule has 0 aliphatic heterocycles. The van der Waals surface area contributed by atoms with Crippen molar-refractivity contribution in [2.75, 3.05) is 0 Å². The average molecular weight is 295 g/mol. The second-order valence-electron chi connectivity index (χ2n) is 4.79. The van der Waals surface area contributed by atoms with E-state index in [0.29, 0.717) is 10.7 Å². The zero-order valence-corrected chi connectivity index (χ0v) is 11.7. The predicted molar refractivity (Wildman–Crippen MR) is 85.8 cm³/mol. The molecular formula is C16H11ClN4. The number of H-pyrrole nitrogens is 2. The summed E-state index contributed by atoms with van der Waals surface area (Å²) >= 11 is 6.08. The van der Waals surface area contributed by atoms with E-state index >= 15 is 0 Å². The zero-order valence-electron chi connectivity index (χ0n) is 11.0. The topological polar surface area (TPSA) is 56.3 Å². The van der Waals surface area contributed by atoms with Crippen molar-refractivity contribution in [2.24, 2.45) is 10.2 Å². The minimum Gasteiger partial charge on any atom is -0.361 e. The lowest BCUT2D eigenvalue weighted by atomic mass is 10.2. The Kier molecular flexibility index (Phi) is 2.75. The number of benzene rings is 2. The van der Waals surface area contributed by atoms with Crippen molar-refractivity contribution in [3.05, 3.63) is 59.9 Å². The quantitative estimate of drug-likeness (QED) is 0.444. The summed E-state index contributed by atoms with van der Waals surface area (Å²) in [6.45, 7) is 0. The molecule has 102 valence electrons. The van der Waals surface area contributed by atoms with E-state index in [9.17, 15) is 0 Å². The smallest absolute Gasteiger partial charge is 0.111 e. The minimum absolute atomic E-state index is 0.592. The van der Waals surface area contributed by atoms with Gasteiger partial charge in [-0.2, -0.15) is 0 Å². The Morgan fingerprint density at radius 1 is 0.857 bits per heavy atom. The van der Waals surface area contributed by atoms with Gasteiger partial charge in [0.1, 0.15) is 11.4 Å². The maximum atomic E-state index is 6.08. The Morgan fingerprint density at radius 2 is 1.71 bits per heavy atom. The third-order valence-corrected chi connectivity index (χ3v) is 3.77. The van der Waals surface area contributed by atoms with Gasteiger partial charge in [-0.3, -0.25) is 0 Å². The Hall–Kier alpha value is -2.59. The van der Waals surface area contributed by atoms with Crippen LogP contribution in [0, 0.1) is 0 Å². The molecule has 5 heteroatoms. The first-order chi connectivity index (χ1) is 10.3. The second kappa shape index (κ2) is 4.75. The van der Waals surface area contributed by atoms with Crippen LogP contribution in [0.25, 0.3) is 21.8 Å². The van der Waals surface area contributed by atoms with Crippen molar-refractivity contribution in [3.8, 4) is 0 Å². The summed E-state index contributed by atoms with van der Waals surface area (Å²) in [6.07, 6.45) is 3.78. The molecule has 4 rings (SSSR count). The number of nitrogens with zero attached hydrogens (tertiary/aromatic N) is 2. The summed E-state index contributed by atoms with van der Waals surface area (Å²) in [6, 6.07) is 13.6. The van der Waals surface area contributed by atoms with Crippen LogP contribution < -0.4 is 0 Å². The zero-order chi connectivity index (χ0) is 14.2. The summed E-state index contributed by atoms with van der Waals surface area (Å²) in [4.78, 5) is 6.41. The minimum atomic E-state index is 0.592. The fraction of sp³-hybridized carbons (Fsp3) is 0. The van der Waals surface area contributed by atoms with E-state index in [-0.39, 0.29) is 0 Å². The Labute approximate surface area is 125 Å². The fourth-order valence-electron chi connectivity index (χ4n) is 2.38. The van der Waals surface area contributed by atoms with Crippen LogP contribution in [0.4, 0.5) is 11.4 Å². The van der Waals surface area contributed by atoms with Crippen LogP contribution in [-0.2, 0) is 0 Å². The van der Waals surface area contributed by atoms with Crippen molar-refractivity contribution in [3.63, 3.8) is 0 Å². The molecule has 2 heterocycles. The SMILES string of the molecule is Clc1ccccc1N=Nc1c[nH]c2cc3[nH]ccc3cc12. The highest BCUT2D eigenvalue weighted by atomic mass is 35.5. The Morgan fingerprint density at radius 3 is 2.62 bits per heavy atom. The van der Waals surface area contributed by atoms with Gasteiger partial charge in [-0.25, -0.2) is 0 Å². The highest BCUT2D eigenvalue weighted by Gasteiger charge is 2.06. The monoisotopic (exact) mass is 294 g/mol. The molecule has 0 bridgehead atoms. The van der Waals surface area contributed by atoms with Gasteiger partial charge in [0, 0.05) is 34.2 Å². The van der Waals surface area contributed by atoms with E-state index < -0.39 is 0 Å². The molecule has 0 radical (unpaired) electrons. The third-order valence-electron chi connectivity index (χ3n) is 3.45. The van der Waals surface area contributed by atoms with Gasteiger partial charge in [-0.15, -0.1) is 10.2 Å². The number of nitrogens with one attached hydrogen (secondary N) is 2. The molecular weight excluding hydrogens is 284 g/mol. The number of hydrogen-bond acceptors (Lipinski definition) is 2. The van der Waals surface area contributed by atoms with Crippen LogP contribution >= 0.6 is 11.6 Å². The molecule has 2 aromatic heterocycles. The fourth-order valence-corrected chi connectivity index (χ4v) is 2.55. The van der Waals surface area contributed by atoms with Crippen LogP contribution in [0.15, 0.2) is 65.1 Å². The van der Waals surface area contributed by atoms with Gasteiger partial charge in [0.2, 0.25) is 0 Å². The molecule has 0 spiro atoms. The summed E-state index contributed by atoms with van der Waals surface area (Å²) in [7, 11) is 0. The highest BCUT2D eigenvalue weighted by molar-refractivity contribution is 6.32. The van der Waals surface area contributed by atoms with E-state index in [1.165, 1.54) is 0 Å². The molecule has 0 atom stereocenters. The molecule has 0 unspecified atom stereocenters. The highest BCUT2D eigenvalue weighted by Crippen LogP contribution is 2.32. The van der Waals surface area contributed by atoms with Crippen LogP contribution in [-0.4, -0.2) is 9.97 Å². The molecule has 2 aromatic carbocycles. The van der Waals surface area contributed by atoms with Crippen LogP contribution in [0.2, 0.25) is 5.02 Å². The van der Waals surface area contributed by atoms with E-state index in [1.807, 2.05) is 36.7 Å². The predicted octanol–water partition coefficient (Wildman–Crippen LogP) is 5.72. The van der Waals surface area contributed by atoms with Gasteiger partial charge < -0.3 is 9.97 Å². The maximum absolute atomic E-state index is 6.08. The number of azo groups is 1. The molecule has 4 nitrogen and oxygen atoms in total. The van der Waals surface area contributed by atoms with Crippen molar-refractivity contribution >= 4 is 44.8 Å². The Bertz CT molecular complexity index is 965. The number of aromatic amines is 2. The molecule has 0 saturated carbocycles. The van der Waals surface area contributed by atoms with Crippen molar-refractivity contribution in [1.82, 2.24) is 9.97 Å². The maximum Gasteiger partial charge on any atom is 0.111 e.